The summed E-state index contributed by atoms with van der Waals surface area (Å²) in [7, 11) is 0. The van der Waals surface area contributed by atoms with Crippen molar-refractivity contribution < 1.29 is 0 Å². The van der Waals surface area contributed by atoms with Gasteiger partial charge in [-0.3, -0.25) is 0 Å². The minimum atomic E-state index is 0.429. The number of hydrogen-bond donors (Lipinski definition) is 0. The first kappa shape index (κ1) is 14.1. The largest absolute Gasteiger partial charge is 0.107 e. The highest BCUT2D eigenvalue weighted by molar-refractivity contribution is 9.09. The molecule has 92 valence electrons. The lowest BCUT2D eigenvalue weighted by molar-refractivity contribution is 0.138. The van der Waals surface area contributed by atoms with Crippen molar-refractivity contribution in [3.63, 3.8) is 0 Å². The zero-order valence-corrected chi connectivity index (χ0v) is 12.7. The molecular weight excluding hydrogens is 260 g/mol. The van der Waals surface area contributed by atoms with Gasteiger partial charge in [-0.2, -0.15) is 0 Å². The Balaban J connectivity index is 2.55. The third kappa shape index (κ3) is 3.81. The topological polar surface area (TPSA) is 0 Å². The van der Waals surface area contributed by atoms with Gasteiger partial charge in [-0.1, -0.05) is 43.1 Å². The van der Waals surface area contributed by atoms with Gasteiger partial charge in [0.1, 0.15) is 0 Å². The first-order valence-electron chi connectivity index (χ1n) is 6.51. The molecule has 1 heteroatoms. The van der Waals surface area contributed by atoms with Crippen LogP contribution in [0.5, 0.6) is 0 Å². The maximum atomic E-state index is 3.90. The van der Waals surface area contributed by atoms with E-state index in [0.29, 0.717) is 10.2 Å². The maximum Gasteiger partial charge on any atom is 0.0181 e. The summed E-state index contributed by atoms with van der Waals surface area (Å²) in [5, 5.41) is 0. The molecule has 0 aromatic rings. The van der Waals surface area contributed by atoms with Crippen LogP contribution in [0.3, 0.4) is 0 Å². The molecule has 3 atom stereocenters. The van der Waals surface area contributed by atoms with E-state index in [-0.39, 0.29) is 0 Å². The summed E-state index contributed by atoms with van der Waals surface area (Å²) >= 11 is 3.90. The molecule has 0 heterocycles. The lowest BCUT2D eigenvalue weighted by atomic mass is 9.67. The Morgan fingerprint density at radius 2 is 2.00 bits per heavy atom. The summed E-state index contributed by atoms with van der Waals surface area (Å²) < 4.78 is 0. The van der Waals surface area contributed by atoms with E-state index in [0.717, 1.165) is 18.3 Å². The van der Waals surface area contributed by atoms with Gasteiger partial charge >= 0.3 is 0 Å². The second kappa shape index (κ2) is 6.10. The van der Waals surface area contributed by atoms with E-state index in [4.69, 9.17) is 0 Å². The van der Waals surface area contributed by atoms with Crippen LogP contribution in [-0.4, -0.2) is 4.83 Å². The number of halogens is 1. The average molecular weight is 285 g/mol. The second-order valence-electron chi connectivity index (χ2n) is 5.96. The first-order chi connectivity index (χ1) is 7.47. The smallest absolute Gasteiger partial charge is 0.0181 e. The zero-order valence-electron chi connectivity index (χ0n) is 11.1. The highest BCUT2D eigenvalue weighted by atomic mass is 79.9. The minimum absolute atomic E-state index is 0.429. The average Bonchev–Trinajstić information content (AvgIpc) is 2.17. The Hall–Kier alpha value is 0.0400. The molecule has 0 amide bonds. The van der Waals surface area contributed by atoms with Gasteiger partial charge in [0.2, 0.25) is 0 Å². The van der Waals surface area contributed by atoms with E-state index >= 15 is 0 Å². The monoisotopic (exact) mass is 284 g/mol. The van der Waals surface area contributed by atoms with Crippen molar-refractivity contribution in [2.45, 2.75) is 64.6 Å². The molecular formula is C15H25Br. The van der Waals surface area contributed by atoms with Crippen molar-refractivity contribution in [1.82, 2.24) is 0 Å². The van der Waals surface area contributed by atoms with Crippen LogP contribution in [0, 0.1) is 29.1 Å². The zero-order chi connectivity index (χ0) is 12.2. The summed E-state index contributed by atoms with van der Waals surface area (Å²) in [6, 6.07) is 0. The molecule has 0 radical (unpaired) electrons. The predicted molar refractivity (Wildman–Crippen MR) is 75.7 cm³/mol. The molecule has 3 unspecified atom stereocenters. The van der Waals surface area contributed by atoms with Gasteiger partial charge < -0.3 is 0 Å². The highest BCUT2D eigenvalue weighted by Crippen LogP contribution is 2.45. The van der Waals surface area contributed by atoms with Crippen molar-refractivity contribution >= 4 is 15.9 Å². The Labute approximate surface area is 110 Å². The molecule has 0 saturated heterocycles. The van der Waals surface area contributed by atoms with Crippen molar-refractivity contribution in [3.8, 4) is 11.8 Å². The number of alkyl halides is 1. The summed E-state index contributed by atoms with van der Waals surface area (Å²) in [5.74, 6) is 7.92. The molecule has 1 rings (SSSR count). The van der Waals surface area contributed by atoms with Gasteiger partial charge in [-0.05, 0) is 43.4 Å². The van der Waals surface area contributed by atoms with Gasteiger partial charge in [0.15, 0.2) is 0 Å². The van der Waals surface area contributed by atoms with Crippen LogP contribution in [0.2, 0.25) is 0 Å². The quantitative estimate of drug-likeness (QED) is 0.505. The molecule has 0 aromatic carbocycles. The first-order valence-corrected chi connectivity index (χ1v) is 7.42. The summed E-state index contributed by atoms with van der Waals surface area (Å²) in [5.41, 5.74) is 0.429. The van der Waals surface area contributed by atoms with Gasteiger partial charge in [0.25, 0.3) is 0 Å². The normalized spacial score (nSPS) is 30.7. The molecule has 0 nitrogen and oxygen atoms in total. The van der Waals surface area contributed by atoms with Crippen molar-refractivity contribution in [2.24, 2.45) is 17.3 Å². The van der Waals surface area contributed by atoms with E-state index in [2.05, 4.69) is 48.5 Å². The van der Waals surface area contributed by atoms with Gasteiger partial charge in [-0.15, -0.1) is 11.8 Å². The van der Waals surface area contributed by atoms with E-state index in [1.165, 1.54) is 25.7 Å². The SMILES string of the molecule is CC#CCCC(C)(C)C1CCC(C)CC1Br. The lowest BCUT2D eigenvalue weighted by Crippen LogP contribution is -2.35. The van der Waals surface area contributed by atoms with Crippen LogP contribution in [0.15, 0.2) is 0 Å². The fourth-order valence-corrected chi connectivity index (χ4v) is 4.50. The third-order valence-corrected chi connectivity index (χ3v) is 5.12. The van der Waals surface area contributed by atoms with Crippen molar-refractivity contribution in [1.29, 1.82) is 0 Å². The molecule has 0 bridgehead atoms. The second-order valence-corrected chi connectivity index (χ2v) is 7.13. The standard InChI is InChI=1S/C15H25Br/c1-5-6-7-10-15(3,4)13-9-8-12(2)11-14(13)16/h12-14H,7-11H2,1-4H3. The van der Waals surface area contributed by atoms with Crippen LogP contribution in [0.4, 0.5) is 0 Å². The van der Waals surface area contributed by atoms with Gasteiger partial charge in [-0.25, -0.2) is 0 Å². The van der Waals surface area contributed by atoms with Gasteiger partial charge in [0.05, 0.1) is 0 Å². The maximum absolute atomic E-state index is 3.90. The third-order valence-electron chi connectivity index (χ3n) is 4.11. The molecule has 1 aliphatic carbocycles. The van der Waals surface area contributed by atoms with Crippen LogP contribution >= 0.6 is 15.9 Å². The molecule has 1 fully saturated rings. The number of hydrogen-bond acceptors (Lipinski definition) is 0. The molecule has 1 saturated carbocycles. The Morgan fingerprint density at radius 1 is 1.31 bits per heavy atom. The molecule has 1 aliphatic rings. The van der Waals surface area contributed by atoms with Crippen LogP contribution < -0.4 is 0 Å². The van der Waals surface area contributed by atoms with Gasteiger partial charge in [0, 0.05) is 11.2 Å². The summed E-state index contributed by atoms with van der Waals surface area (Å²) in [4.78, 5) is 0.709. The predicted octanol–water partition coefficient (Wildman–Crippen LogP) is 5.02. The van der Waals surface area contributed by atoms with Crippen molar-refractivity contribution in [2.75, 3.05) is 0 Å². The van der Waals surface area contributed by atoms with Crippen LogP contribution in [0.25, 0.3) is 0 Å². The molecule has 0 spiro atoms. The molecule has 0 aromatic heterocycles. The van der Waals surface area contributed by atoms with Crippen LogP contribution in [0.1, 0.15) is 59.8 Å². The van der Waals surface area contributed by atoms with E-state index < -0.39 is 0 Å². The van der Waals surface area contributed by atoms with E-state index in [1.54, 1.807) is 0 Å². The highest BCUT2D eigenvalue weighted by Gasteiger charge is 2.37. The Morgan fingerprint density at radius 3 is 2.56 bits per heavy atom. The van der Waals surface area contributed by atoms with E-state index in [1.807, 2.05) is 6.92 Å². The van der Waals surface area contributed by atoms with Crippen LogP contribution in [-0.2, 0) is 0 Å². The van der Waals surface area contributed by atoms with Crippen molar-refractivity contribution in [3.05, 3.63) is 0 Å². The minimum Gasteiger partial charge on any atom is -0.107 e. The molecule has 0 aliphatic heterocycles. The lowest BCUT2D eigenvalue weighted by Gasteiger charge is -2.42. The molecule has 0 N–H and O–H groups in total. The Bertz CT molecular complexity index is 269. The summed E-state index contributed by atoms with van der Waals surface area (Å²) in [6.45, 7) is 9.14. The Kier molecular flexibility index (Phi) is 5.38. The van der Waals surface area contributed by atoms with E-state index in [9.17, 15) is 0 Å². The summed E-state index contributed by atoms with van der Waals surface area (Å²) in [6.07, 6.45) is 6.40. The fourth-order valence-electron chi connectivity index (χ4n) is 2.89. The molecule has 16 heavy (non-hydrogen) atoms. The fraction of sp³-hybridized carbons (Fsp3) is 0.867. The number of rotatable bonds is 3.